The van der Waals surface area contributed by atoms with Gasteiger partial charge in [-0.2, -0.15) is 0 Å². The highest BCUT2D eigenvalue weighted by atomic mass is 19.1. The van der Waals surface area contributed by atoms with E-state index in [4.69, 9.17) is 15.2 Å². The van der Waals surface area contributed by atoms with Gasteiger partial charge in [0, 0.05) is 20.6 Å². The average molecular weight is 227 g/mol. The second-order valence-corrected chi connectivity index (χ2v) is 3.90. The lowest BCUT2D eigenvalue weighted by molar-refractivity contribution is -0.184. The molecule has 0 aromatic heterocycles. The molecule has 16 heavy (non-hydrogen) atoms. The molecule has 1 unspecified atom stereocenters. The van der Waals surface area contributed by atoms with Crippen molar-refractivity contribution in [2.75, 3.05) is 14.2 Å². The van der Waals surface area contributed by atoms with Crippen molar-refractivity contribution in [1.82, 2.24) is 0 Å². The minimum atomic E-state index is -2.03. The first-order chi connectivity index (χ1) is 7.49. The highest BCUT2D eigenvalue weighted by molar-refractivity contribution is 5.23. The van der Waals surface area contributed by atoms with Crippen LogP contribution in [0.2, 0.25) is 0 Å². The molecule has 1 aromatic rings. The summed E-state index contributed by atoms with van der Waals surface area (Å²) in [6.07, 6.45) is -1.01. The number of aryl methyl sites for hydroxylation is 1. The lowest BCUT2D eigenvalue weighted by Gasteiger charge is -2.27. The van der Waals surface area contributed by atoms with Crippen LogP contribution < -0.4 is 5.73 Å². The number of methoxy groups -OCH3 is 2. The fraction of sp³-hybridized carbons (Fsp3) is 0.500. The van der Waals surface area contributed by atoms with Gasteiger partial charge in [0.05, 0.1) is 0 Å². The summed E-state index contributed by atoms with van der Waals surface area (Å²) in [6.45, 7) is 1.95. The third kappa shape index (κ3) is 3.27. The molecular weight excluding hydrogens is 209 g/mol. The average Bonchev–Trinajstić information content (AvgIpc) is 2.18. The summed E-state index contributed by atoms with van der Waals surface area (Å²) in [5, 5.41) is 0. The third-order valence-electron chi connectivity index (χ3n) is 2.38. The predicted octanol–water partition coefficient (Wildman–Crippen LogP) is 1.78. The number of alkyl halides is 1. The Morgan fingerprint density at radius 3 is 2.50 bits per heavy atom. The molecular formula is C12H18FNO2. The van der Waals surface area contributed by atoms with Gasteiger partial charge in [-0.25, -0.2) is 4.39 Å². The van der Waals surface area contributed by atoms with E-state index in [9.17, 15) is 4.39 Å². The zero-order chi connectivity index (χ0) is 12.2. The van der Waals surface area contributed by atoms with Crippen LogP contribution in [-0.4, -0.2) is 26.3 Å². The summed E-state index contributed by atoms with van der Waals surface area (Å²) in [5.41, 5.74) is 7.44. The zero-order valence-corrected chi connectivity index (χ0v) is 9.87. The molecule has 0 aliphatic carbocycles. The summed E-state index contributed by atoms with van der Waals surface area (Å²) in [4.78, 5) is 0. The molecule has 4 heteroatoms. The van der Waals surface area contributed by atoms with Crippen LogP contribution >= 0.6 is 0 Å². The van der Waals surface area contributed by atoms with Gasteiger partial charge in [-0.3, -0.25) is 5.73 Å². The molecule has 1 aromatic carbocycles. The van der Waals surface area contributed by atoms with Crippen LogP contribution in [0.3, 0.4) is 0 Å². The van der Waals surface area contributed by atoms with Gasteiger partial charge < -0.3 is 9.47 Å². The molecule has 0 saturated carbocycles. The van der Waals surface area contributed by atoms with E-state index in [1.165, 1.54) is 14.2 Å². The minimum Gasteiger partial charge on any atom is -0.352 e. The van der Waals surface area contributed by atoms with Gasteiger partial charge in [-0.15, -0.1) is 0 Å². The lowest BCUT2D eigenvalue weighted by Crippen LogP contribution is -2.50. The van der Waals surface area contributed by atoms with Crippen LogP contribution in [0.4, 0.5) is 4.39 Å². The first kappa shape index (κ1) is 13.1. The Bertz CT molecular complexity index is 338. The molecule has 0 bridgehead atoms. The van der Waals surface area contributed by atoms with E-state index in [2.05, 4.69) is 0 Å². The number of rotatable bonds is 5. The Kier molecular flexibility index (Phi) is 4.41. The Morgan fingerprint density at radius 1 is 1.38 bits per heavy atom. The van der Waals surface area contributed by atoms with Crippen molar-refractivity contribution < 1.29 is 13.9 Å². The number of hydrogen-bond donors (Lipinski definition) is 1. The van der Waals surface area contributed by atoms with Gasteiger partial charge in [-0.1, -0.05) is 29.8 Å². The Balaban J connectivity index is 2.79. The van der Waals surface area contributed by atoms with Crippen LogP contribution in [0.15, 0.2) is 24.3 Å². The van der Waals surface area contributed by atoms with Gasteiger partial charge in [0.15, 0.2) is 0 Å². The van der Waals surface area contributed by atoms with Crippen LogP contribution in [0, 0.1) is 6.92 Å². The van der Waals surface area contributed by atoms with Crippen LogP contribution in [-0.2, 0) is 15.9 Å². The molecule has 0 amide bonds. The second kappa shape index (κ2) is 5.39. The topological polar surface area (TPSA) is 44.5 Å². The van der Waals surface area contributed by atoms with Crippen molar-refractivity contribution in [2.24, 2.45) is 5.73 Å². The van der Waals surface area contributed by atoms with Gasteiger partial charge in [0.2, 0.25) is 12.1 Å². The van der Waals surface area contributed by atoms with Crippen molar-refractivity contribution in [1.29, 1.82) is 0 Å². The Morgan fingerprint density at radius 2 is 2.00 bits per heavy atom. The molecule has 0 aliphatic rings. The maximum absolute atomic E-state index is 14.1. The highest BCUT2D eigenvalue weighted by Gasteiger charge is 2.35. The summed E-state index contributed by atoms with van der Waals surface area (Å²) < 4.78 is 23.8. The maximum atomic E-state index is 14.1. The first-order valence-corrected chi connectivity index (χ1v) is 5.08. The number of halogens is 1. The van der Waals surface area contributed by atoms with E-state index < -0.39 is 12.1 Å². The number of nitrogens with two attached hydrogens (primary N) is 1. The quantitative estimate of drug-likeness (QED) is 0.616. The maximum Gasteiger partial charge on any atom is 0.214 e. The molecule has 1 rings (SSSR count). The Hall–Kier alpha value is -0.970. The van der Waals surface area contributed by atoms with Crippen LogP contribution in [0.1, 0.15) is 11.1 Å². The van der Waals surface area contributed by atoms with E-state index in [1.54, 1.807) is 0 Å². The Labute approximate surface area is 95.4 Å². The van der Waals surface area contributed by atoms with E-state index in [1.807, 2.05) is 31.2 Å². The van der Waals surface area contributed by atoms with Crippen molar-refractivity contribution in [3.8, 4) is 0 Å². The van der Waals surface area contributed by atoms with E-state index in [-0.39, 0.29) is 6.42 Å². The molecule has 3 nitrogen and oxygen atoms in total. The summed E-state index contributed by atoms with van der Waals surface area (Å²) in [5.74, 6) is -2.03. The standard InChI is InChI=1S/C12H18FNO2/c1-9-5-4-6-10(7-9)8-12(13,14)11(15-2)16-3/h4-7,11H,8,14H2,1-3H3. The molecule has 0 radical (unpaired) electrons. The summed E-state index contributed by atoms with van der Waals surface area (Å²) >= 11 is 0. The minimum absolute atomic E-state index is 0.0566. The van der Waals surface area contributed by atoms with E-state index in [0.717, 1.165) is 11.1 Å². The van der Waals surface area contributed by atoms with Gasteiger partial charge in [0.1, 0.15) is 0 Å². The van der Waals surface area contributed by atoms with Crippen molar-refractivity contribution in [2.45, 2.75) is 25.4 Å². The SMILES string of the molecule is COC(OC)C(N)(F)Cc1cccc(C)c1. The largest absolute Gasteiger partial charge is 0.352 e. The fourth-order valence-corrected chi connectivity index (χ4v) is 1.71. The molecule has 0 spiro atoms. The lowest BCUT2D eigenvalue weighted by atomic mass is 10.0. The van der Waals surface area contributed by atoms with Gasteiger partial charge in [-0.05, 0) is 12.5 Å². The normalized spacial score (nSPS) is 15.1. The highest BCUT2D eigenvalue weighted by Crippen LogP contribution is 2.20. The zero-order valence-electron chi connectivity index (χ0n) is 9.87. The predicted molar refractivity (Wildman–Crippen MR) is 60.7 cm³/mol. The molecule has 1 atom stereocenters. The molecule has 0 fully saturated rings. The van der Waals surface area contributed by atoms with Crippen molar-refractivity contribution >= 4 is 0 Å². The molecule has 90 valence electrons. The number of ether oxygens (including phenoxy) is 2. The smallest absolute Gasteiger partial charge is 0.214 e. The fourth-order valence-electron chi connectivity index (χ4n) is 1.71. The van der Waals surface area contributed by atoms with Crippen molar-refractivity contribution in [3.05, 3.63) is 35.4 Å². The summed E-state index contributed by atoms with van der Waals surface area (Å²) in [6, 6.07) is 7.54. The van der Waals surface area contributed by atoms with Gasteiger partial charge in [0.25, 0.3) is 0 Å². The van der Waals surface area contributed by atoms with Crippen LogP contribution in [0.25, 0.3) is 0 Å². The van der Waals surface area contributed by atoms with E-state index >= 15 is 0 Å². The first-order valence-electron chi connectivity index (χ1n) is 5.08. The number of benzene rings is 1. The van der Waals surface area contributed by atoms with E-state index in [0.29, 0.717) is 0 Å². The van der Waals surface area contributed by atoms with Crippen molar-refractivity contribution in [3.63, 3.8) is 0 Å². The summed E-state index contributed by atoms with van der Waals surface area (Å²) in [7, 11) is 2.73. The monoisotopic (exact) mass is 227 g/mol. The molecule has 0 saturated heterocycles. The molecule has 0 aliphatic heterocycles. The second-order valence-electron chi connectivity index (χ2n) is 3.90. The third-order valence-corrected chi connectivity index (χ3v) is 2.38. The number of hydrogen-bond acceptors (Lipinski definition) is 3. The molecule has 2 N–H and O–H groups in total. The molecule has 0 heterocycles. The van der Waals surface area contributed by atoms with Crippen LogP contribution in [0.5, 0.6) is 0 Å². The van der Waals surface area contributed by atoms with Gasteiger partial charge >= 0.3 is 0 Å².